The van der Waals surface area contributed by atoms with Crippen LogP contribution in [0.1, 0.15) is 11.4 Å². The third kappa shape index (κ3) is 3.04. The molecular weight excluding hydrogens is 334 g/mol. The summed E-state index contributed by atoms with van der Waals surface area (Å²) < 4.78 is 1.85. The number of benzene rings is 2. The van der Waals surface area contributed by atoms with Gasteiger partial charge in [0.15, 0.2) is 11.5 Å². The summed E-state index contributed by atoms with van der Waals surface area (Å²) in [5.74, 6) is 0.870. The Balaban J connectivity index is 1.44. The molecule has 0 atom stereocenters. The molecule has 0 spiro atoms. The third-order valence-electron chi connectivity index (χ3n) is 4.70. The number of pyridine rings is 1. The first kappa shape index (κ1) is 15.6. The van der Waals surface area contributed by atoms with Gasteiger partial charge in [-0.2, -0.15) is 9.61 Å². The number of aromatic nitrogens is 5. The number of nitrogens with zero attached hydrogens (tertiary/aromatic N) is 5. The molecule has 3 aromatic heterocycles. The van der Waals surface area contributed by atoms with Crippen molar-refractivity contribution in [1.29, 1.82) is 0 Å². The second-order valence-corrected chi connectivity index (χ2v) is 6.50. The van der Waals surface area contributed by atoms with Gasteiger partial charge in [-0.15, -0.1) is 10.2 Å². The number of fused-ring (bicyclic) bond motifs is 2. The van der Waals surface area contributed by atoms with Crippen molar-refractivity contribution in [2.24, 2.45) is 0 Å². The summed E-state index contributed by atoms with van der Waals surface area (Å²) >= 11 is 0. The van der Waals surface area contributed by atoms with Crippen LogP contribution in [0.5, 0.6) is 0 Å². The van der Waals surface area contributed by atoms with Gasteiger partial charge in [-0.1, -0.05) is 42.5 Å². The standard InChI is InChI=1S/C22H17N5/c1-2-5-17(6-3-1)20-11-13-22-25-24-21(27(22)26-20)12-9-16-8-10-19-18(15-16)7-4-14-23-19/h1-8,10-11,13-15H,9,12H2. The van der Waals surface area contributed by atoms with Gasteiger partial charge in [0.25, 0.3) is 0 Å². The van der Waals surface area contributed by atoms with Crippen LogP contribution in [-0.2, 0) is 12.8 Å². The predicted molar refractivity (Wildman–Crippen MR) is 105 cm³/mol. The van der Waals surface area contributed by atoms with Crippen molar-refractivity contribution in [3.05, 3.63) is 90.4 Å². The van der Waals surface area contributed by atoms with E-state index in [1.54, 1.807) is 0 Å². The quantitative estimate of drug-likeness (QED) is 0.489. The Labute approximate surface area is 156 Å². The highest BCUT2D eigenvalue weighted by molar-refractivity contribution is 5.78. The van der Waals surface area contributed by atoms with Crippen LogP contribution in [0.4, 0.5) is 0 Å². The van der Waals surface area contributed by atoms with E-state index >= 15 is 0 Å². The Morgan fingerprint density at radius 2 is 1.70 bits per heavy atom. The van der Waals surface area contributed by atoms with E-state index in [1.165, 1.54) is 5.56 Å². The molecule has 0 unspecified atom stereocenters. The molecule has 5 nitrogen and oxygen atoms in total. The zero-order chi connectivity index (χ0) is 18.1. The van der Waals surface area contributed by atoms with Crippen LogP contribution in [0.15, 0.2) is 79.0 Å². The van der Waals surface area contributed by atoms with E-state index in [4.69, 9.17) is 5.10 Å². The molecule has 5 aromatic rings. The van der Waals surface area contributed by atoms with Gasteiger partial charge in [0.1, 0.15) is 0 Å². The van der Waals surface area contributed by atoms with Crippen LogP contribution in [0.25, 0.3) is 27.8 Å². The molecule has 0 bridgehead atoms. The normalized spacial score (nSPS) is 11.3. The largest absolute Gasteiger partial charge is 0.256 e. The highest BCUT2D eigenvalue weighted by Crippen LogP contribution is 2.18. The smallest absolute Gasteiger partial charge is 0.177 e. The summed E-state index contributed by atoms with van der Waals surface area (Å²) in [6.45, 7) is 0. The van der Waals surface area contributed by atoms with Crippen molar-refractivity contribution >= 4 is 16.6 Å². The second-order valence-electron chi connectivity index (χ2n) is 6.50. The first-order chi connectivity index (χ1) is 13.4. The molecule has 5 rings (SSSR count). The Bertz CT molecular complexity index is 1230. The zero-order valence-electron chi connectivity index (χ0n) is 14.7. The van der Waals surface area contributed by atoms with E-state index in [9.17, 15) is 0 Å². The first-order valence-electron chi connectivity index (χ1n) is 8.97. The van der Waals surface area contributed by atoms with Gasteiger partial charge in [-0.3, -0.25) is 4.98 Å². The highest BCUT2D eigenvalue weighted by atomic mass is 15.4. The van der Waals surface area contributed by atoms with E-state index in [0.717, 1.165) is 46.5 Å². The number of aryl methyl sites for hydroxylation is 2. The lowest BCUT2D eigenvalue weighted by Gasteiger charge is -2.04. The van der Waals surface area contributed by atoms with Crippen molar-refractivity contribution in [1.82, 2.24) is 24.8 Å². The SMILES string of the molecule is c1ccc(-c2ccc3nnc(CCc4ccc5ncccc5c4)n3n2)cc1. The molecule has 130 valence electrons. The average Bonchev–Trinajstić information content (AvgIpc) is 3.15. The molecule has 0 aliphatic rings. The van der Waals surface area contributed by atoms with Gasteiger partial charge in [0.2, 0.25) is 0 Å². The van der Waals surface area contributed by atoms with Crippen molar-refractivity contribution in [3.63, 3.8) is 0 Å². The molecule has 0 N–H and O–H groups in total. The van der Waals surface area contributed by atoms with Crippen molar-refractivity contribution in [2.75, 3.05) is 0 Å². The summed E-state index contributed by atoms with van der Waals surface area (Å²) in [5, 5.41) is 14.5. The molecule has 27 heavy (non-hydrogen) atoms. The van der Waals surface area contributed by atoms with Crippen LogP contribution in [-0.4, -0.2) is 24.8 Å². The molecule has 0 aliphatic carbocycles. The molecule has 0 aliphatic heterocycles. The summed E-state index contributed by atoms with van der Waals surface area (Å²) in [7, 11) is 0. The van der Waals surface area contributed by atoms with Crippen LogP contribution in [0, 0.1) is 0 Å². The first-order valence-corrected chi connectivity index (χ1v) is 8.97. The lowest BCUT2D eigenvalue weighted by atomic mass is 10.1. The molecular formula is C22H17N5. The van der Waals surface area contributed by atoms with Crippen LogP contribution in [0.3, 0.4) is 0 Å². The highest BCUT2D eigenvalue weighted by Gasteiger charge is 2.09. The van der Waals surface area contributed by atoms with Gasteiger partial charge in [0, 0.05) is 23.6 Å². The molecule has 5 heteroatoms. The van der Waals surface area contributed by atoms with E-state index in [2.05, 4.69) is 51.6 Å². The second kappa shape index (κ2) is 6.61. The Hall–Kier alpha value is -3.60. The fourth-order valence-electron chi connectivity index (χ4n) is 3.29. The van der Waals surface area contributed by atoms with Crippen molar-refractivity contribution in [2.45, 2.75) is 12.8 Å². The van der Waals surface area contributed by atoms with Gasteiger partial charge < -0.3 is 0 Å². The molecule has 2 aromatic carbocycles. The maximum Gasteiger partial charge on any atom is 0.177 e. The minimum absolute atomic E-state index is 0.771. The predicted octanol–water partition coefficient (Wildman–Crippen LogP) is 4.12. The Kier molecular flexibility index (Phi) is 3.83. The van der Waals surface area contributed by atoms with Gasteiger partial charge >= 0.3 is 0 Å². The number of hydrogen-bond donors (Lipinski definition) is 0. The van der Waals surface area contributed by atoms with E-state index < -0.39 is 0 Å². The van der Waals surface area contributed by atoms with Gasteiger partial charge in [-0.25, -0.2) is 0 Å². The van der Waals surface area contributed by atoms with E-state index in [0.29, 0.717) is 0 Å². The zero-order valence-corrected chi connectivity index (χ0v) is 14.7. The summed E-state index contributed by atoms with van der Waals surface area (Å²) in [4.78, 5) is 4.38. The van der Waals surface area contributed by atoms with E-state index in [-0.39, 0.29) is 0 Å². The lowest BCUT2D eigenvalue weighted by molar-refractivity contribution is 0.786. The molecule has 0 saturated heterocycles. The van der Waals surface area contributed by atoms with Crippen LogP contribution in [0.2, 0.25) is 0 Å². The molecule has 0 saturated carbocycles. The van der Waals surface area contributed by atoms with Gasteiger partial charge in [0.05, 0.1) is 11.2 Å². The fraction of sp³-hybridized carbons (Fsp3) is 0.0909. The van der Waals surface area contributed by atoms with Gasteiger partial charge in [-0.05, 0) is 42.3 Å². The molecule has 3 heterocycles. The maximum absolute atomic E-state index is 4.75. The van der Waals surface area contributed by atoms with E-state index in [1.807, 2.05) is 47.1 Å². The number of rotatable bonds is 4. The Morgan fingerprint density at radius 1 is 0.778 bits per heavy atom. The van der Waals surface area contributed by atoms with Crippen LogP contribution >= 0.6 is 0 Å². The molecule has 0 radical (unpaired) electrons. The minimum Gasteiger partial charge on any atom is -0.256 e. The fourth-order valence-corrected chi connectivity index (χ4v) is 3.29. The lowest BCUT2D eigenvalue weighted by Crippen LogP contribution is -2.02. The Morgan fingerprint density at radius 3 is 2.63 bits per heavy atom. The van der Waals surface area contributed by atoms with Crippen molar-refractivity contribution < 1.29 is 0 Å². The molecule has 0 amide bonds. The number of hydrogen-bond acceptors (Lipinski definition) is 4. The monoisotopic (exact) mass is 351 g/mol. The minimum atomic E-state index is 0.771. The van der Waals surface area contributed by atoms with Crippen molar-refractivity contribution in [3.8, 4) is 11.3 Å². The molecule has 0 fully saturated rings. The topological polar surface area (TPSA) is 56.0 Å². The average molecular weight is 351 g/mol. The summed E-state index contributed by atoms with van der Waals surface area (Å²) in [6, 6.07) is 24.5. The van der Waals surface area contributed by atoms with Crippen LogP contribution < -0.4 is 0 Å². The maximum atomic E-state index is 4.75. The third-order valence-corrected chi connectivity index (χ3v) is 4.70. The summed E-state index contributed by atoms with van der Waals surface area (Å²) in [6.07, 6.45) is 3.47. The summed E-state index contributed by atoms with van der Waals surface area (Å²) in [5.41, 5.74) is 5.05.